The lowest BCUT2D eigenvalue weighted by Crippen LogP contribution is -2.10. The monoisotopic (exact) mass is 231 g/mol. The molecule has 1 N–H and O–H groups in total. The van der Waals surface area contributed by atoms with Crippen LogP contribution in [0.15, 0.2) is 30.9 Å². The van der Waals surface area contributed by atoms with Gasteiger partial charge in [-0.15, -0.1) is 0 Å². The molecule has 2 heterocycles. The van der Waals surface area contributed by atoms with Crippen LogP contribution in [0.25, 0.3) is 0 Å². The van der Waals surface area contributed by atoms with Gasteiger partial charge < -0.3 is 9.88 Å². The van der Waals surface area contributed by atoms with E-state index in [1.165, 1.54) is 12.8 Å². The smallest absolute Gasteiger partial charge is 0.203 e. The van der Waals surface area contributed by atoms with Crippen LogP contribution in [-0.4, -0.2) is 25.9 Å². The van der Waals surface area contributed by atoms with Crippen molar-refractivity contribution in [3.63, 3.8) is 0 Å². The highest BCUT2D eigenvalue weighted by molar-refractivity contribution is 5.27. The summed E-state index contributed by atoms with van der Waals surface area (Å²) < 4.78 is 4.20. The van der Waals surface area contributed by atoms with Gasteiger partial charge in [-0.1, -0.05) is 0 Å². The molecule has 90 valence electrons. The zero-order chi connectivity index (χ0) is 11.5. The van der Waals surface area contributed by atoms with Crippen molar-refractivity contribution in [3.8, 4) is 0 Å². The van der Waals surface area contributed by atoms with E-state index >= 15 is 0 Å². The van der Waals surface area contributed by atoms with Crippen molar-refractivity contribution in [2.75, 3.05) is 11.9 Å². The molecule has 5 nitrogen and oxygen atoms in total. The maximum absolute atomic E-state index is 4.34. The third kappa shape index (κ3) is 2.49. The Morgan fingerprint density at radius 1 is 1.29 bits per heavy atom. The third-order valence-electron chi connectivity index (χ3n) is 3.02. The predicted octanol–water partition coefficient (Wildman–Crippen LogP) is 1.92. The Labute approximate surface area is 100 Å². The predicted molar refractivity (Wildman–Crippen MR) is 65.8 cm³/mol. The van der Waals surface area contributed by atoms with Crippen LogP contribution in [-0.2, 0) is 6.54 Å². The first-order valence-electron chi connectivity index (χ1n) is 6.17. The molecule has 17 heavy (non-hydrogen) atoms. The molecule has 0 amide bonds. The lowest BCUT2D eigenvalue weighted by atomic mass is 10.4. The minimum atomic E-state index is 0.686. The molecular formula is C12H17N5. The summed E-state index contributed by atoms with van der Waals surface area (Å²) in [5.74, 6) is 1.01. The van der Waals surface area contributed by atoms with Gasteiger partial charge >= 0.3 is 0 Å². The number of anilines is 1. The average Bonchev–Trinajstić information content (AvgIpc) is 2.89. The summed E-state index contributed by atoms with van der Waals surface area (Å²) in [6, 6.07) is 2.64. The van der Waals surface area contributed by atoms with Crippen molar-refractivity contribution in [1.29, 1.82) is 0 Å². The van der Waals surface area contributed by atoms with E-state index in [-0.39, 0.29) is 0 Å². The first-order valence-corrected chi connectivity index (χ1v) is 6.17. The SMILES string of the molecule is c1cnn(CCCNc2nccn2C2CC2)c1. The fraction of sp³-hybridized carbons (Fsp3) is 0.500. The van der Waals surface area contributed by atoms with Crippen molar-refractivity contribution >= 4 is 5.95 Å². The molecule has 0 bridgehead atoms. The van der Waals surface area contributed by atoms with Crippen LogP contribution in [0, 0.1) is 0 Å². The number of hydrogen-bond acceptors (Lipinski definition) is 3. The Bertz CT molecular complexity index is 455. The third-order valence-corrected chi connectivity index (χ3v) is 3.02. The summed E-state index contributed by atoms with van der Waals surface area (Å²) in [4.78, 5) is 4.34. The second-order valence-electron chi connectivity index (χ2n) is 4.44. The number of rotatable bonds is 6. The van der Waals surface area contributed by atoms with Crippen LogP contribution < -0.4 is 5.32 Å². The highest BCUT2D eigenvalue weighted by Crippen LogP contribution is 2.36. The first kappa shape index (κ1) is 10.4. The Morgan fingerprint density at radius 2 is 2.24 bits per heavy atom. The fourth-order valence-electron chi connectivity index (χ4n) is 1.97. The summed E-state index contributed by atoms with van der Waals surface area (Å²) in [5.41, 5.74) is 0. The van der Waals surface area contributed by atoms with E-state index in [2.05, 4.69) is 26.2 Å². The van der Waals surface area contributed by atoms with Crippen LogP contribution in [0.1, 0.15) is 25.3 Å². The van der Waals surface area contributed by atoms with E-state index in [0.717, 1.165) is 25.5 Å². The molecule has 0 atom stereocenters. The Morgan fingerprint density at radius 3 is 3.00 bits per heavy atom. The lowest BCUT2D eigenvalue weighted by Gasteiger charge is -2.08. The van der Waals surface area contributed by atoms with Gasteiger partial charge in [0.25, 0.3) is 0 Å². The van der Waals surface area contributed by atoms with Gasteiger partial charge in [0.2, 0.25) is 5.95 Å². The van der Waals surface area contributed by atoms with E-state index in [1.54, 1.807) is 0 Å². The molecule has 0 saturated heterocycles. The standard InChI is InChI=1S/C12H17N5/c1(8-16-9-2-6-15-16)5-13-12-14-7-10-17(12)11-3-4-11/h2,6-7,9-11H,1,3-5,8H2,(H,13,14). The molecule has 0 aliphatic heterocycles. The molecule has 0 aromatic carbocycles. The number of nitrogens with one attached hydrogen (secondary N) is 1. The zero-order valence-corrected chi connectivity index (χ0v) is 9.79. The molecule has 1 saturated carbocycles. The average molecular weight is 231 g/mol. The molecule has 2 aromatic heterocycles. The van der Waals surface area contributed by atoms with Crippen LogP contribution >= 0.6 is 0 Å². The van der Waals surface area contributed by atoms with E-state index in [1.807, 2.05) is 29.3 Å². The summed E-state index contributed by atoms with van der Waals surface area (Å²) in [6.45, 7) is 1.88. The minimum Gasteiger partial charge on any atom is -0.356 e. The Balaban J connectivity index is 1.46. The molecule has 3 rings (SSSR count). The van der Waals surface area contributed by atoms with E-state index in [4.69, 9.17) is 0 Å². The lowest BCUT2D eigenvalue weighted by molar-refractivity contribution is 0.589. The van der Waals surface area contributed by atoms with Crippen LogP contribution in [0.2, 0.25) is 0 Å². The second-order valence-corrected chi connectivity index (χ2v) is 4.44. The van der Waals surface area contributed by atoms with Gasteiger partial charge in [0, 0.05) is 43.9 Å². The molecule has 1 fully saturated rings. The highest BCUT2D eigenvalue weighted by Gasteiger charge is 2.25. The largest absolute Gasteiger partial charge is 0.356 e. The number of imidazole rings is 1. The van der Waals surface area contributed by atoms with Gasteiger partial charge in [0.1, 0.15) is 0 Å². The van der Waals surface area contributed by atoms with Crippen LogP contribution in [0.3, 0.4) is 0 Å². The molecule has 1 aliphatic rings. The Hall–Kier alpha value is -1.78. The topological polar surface area (TPSA) is 47.7 Å². The van der Waals surface area contributed by atoms with Crippen molar-refractivity contribution in [1.82, 2.24) is 19.3 Å². The van der Waals surface area contributed by atoms with E-state index < -0.39 is 0 Å². The van der Waals surface area contributed by atoms with Gasteiger partial charge in [-0.25, -0.2) is 4.98 Å². The number of hydrogen-bond donors (Lipinski definition) is 1. The minimum absolute atomic E-state index is 0.686. The molecule has 5 heteroatoms. The molecule has 0 unspecified atom stereocenters. The van der Waals surface area contributed by atoms with Crippen molar-refractivity contribution < 1.29 is 0 Å². The molecule has 0 radical (unpaired) electrons. The van der Waals surface area contributed by atoms with Gasteiger partial charge in [-0.3, -0.25) is 4.68 Å². The highest BCUT2D eigenvalue weighted by atomic mass is 15.3. The second kappa shape index (κ2) is 4.61. The summed E-state index contributed by atoms with van der Waals surface area (Å²) in [6.07, 6.45) is 11.4. The zero-order valence-electron chi connectivity index (χ0n) is 9.79. The van der Waals surface area contributed by atoms with E-state index in [9.17, 15) is 0 Å². The van der Waals surface area contributed by atoms with Crippen molar-refractivity contribution in [2.24, 2.45) is 0 Å². The van der Waals surface area contributed by atoms with Crippen LogP contribution in [0.5, 0.6) is 0 Å². The number of aryl methyl sites for hydroxylation is 1. The van der Waals surface area contributed by atoms with Gasteiger partial charge in [0.05, 0.1) is 0 Å². The van der Waals surface area contributed by atoms with Gasteiger partial charge in [-0.2, -0.15) is 5.10 Å². The normalized spacial score (nSPS) is 15.1. The molecule has 2 aromatic rings. The first-order chi connectivity index (χ1) is 8.43. The van der Waals surface area contributed by atoms with Gasteiger partial charge in [0.15, 0.2) is 0 Å². The van der Waals surface area contributed by atoms with Crippen molar-refractivity contribution in [3.05, 3.63) is 30.9 Å². The Kier molecular flexibility index (Phi) is 2.81. The molecular weight excluding hydrogens is 214 g/mol. The summed E-state index contributed by atoms with van der Waals surface area (Å²) in [5, 5.41) is 7.56. The summed E-state index contributed by atoms with van der Waals surface area (Å²) in [7, 11) is 0. The fourth-order valence-corrected chi connectivity index (χ4v) is 1.97. The quantitative estimate of drug-likeness (QED) is 0.773. The maximum Gasteiger partial charge on any atom is 0.203 e. The molecule has 0 spiro atoms. The number of aromatic nitrogens is 4. The number of nitrogens with zero attached hydrogens (tertiary/aromatic N) is 4. The van der Waals surface area contributed by atoms with Crippen LogP contribution in [0.4, 0.5) is 5.95 Å². The van der Waals surface area contributed by atoms with Gasteiger partial charge in [-0.05, 0) is 25.3 Å². The molecule has 1 aliphatic carbocycles. The van der Waals surface area contributed by atoms with Crippen molar-refractivity contribution in [2.45, 2.75) is 31.8 Å². The maximum atomic E-state index is 4.34. The van der Waals surface area contributed by atoms with E-state index in [0.29, 0.717) is 6.04 Å². The summed E-state index contributed by atoms with van der Waals surface area (Å²) >= 11 is 0.